The molecule has 0 heterocycles. The molecule has 0 spiro atoms. The molecule has 2 aromatic rings. The van der Waals surface area contributed by atoms with E-state index in [-0.39, 0.29) is 11.9 Å². The van der Waals surface area contributed by atoms with Crippen LogP contribution in [0.15, 0.2) is 46.9 Å². The highest BCUT2D eigenvalue weighted by Crippen LogP contribution is 2.29. The zero-order valence-electron chi connectivity index (χ0n) is 10.5. The molecule has 0 radical (unpaired) electrons. The summed E-state index contributed by atoms with van der Waals surface area (Å²) >= 11 is 5.70. The molecule has 0 aliphatic carbocycles. The molecule has 1 nitrogen and oxygen atoms in total. The van der Waals surface area contributed by atoms with Crippen molar-refractivity contribution in [3.63, 3.8) is 0 Å². The Labute approximate surface area is 134 Å². The van der Waals surface area contributed by atoms with Crippen molar-refractivity contribution < 1.29 is 4.39 Å². The van der Waals surface area contributed by atoms with E-state index in [0.717, 1.165) is 20.2 Å². The Balaban J connectivity index is 2.51. The van der Waals surface area contributed by atoms with E-state index < -0.39 is 0 Å². The topological polar surface area (TPSA) is 12.0 Å². The van der Waals surface area contributed by atoms with Gasteiger partial charge < -0.3 is 5.32 Å². The lowest BCUT2D eigenvalue weighted by atomic mass is 9.98. The molecule has 0 bridgehead atoms. The number of halogens is 3. The Bertz CT molecular complexity index is 574. The molecule has 0 saturated heterocycles. The summed E-state index contributed by atoms with van der Waals surface area (Å²) in [4.78, 5) is 0. The predicted molar refractivity (Wildman–Crippen MR) is 88.8 cm³/mol. The number of nitrogens with one attached hydrogen (secondary N) is 1. The van der Waals surface area contributed by atoms with Crippen molar-refractivity contribution in [2.75, 3.05) is 6.54 Å². The van der Waals surface area contributed by atoms with E-state index in [1.807, 2.05) is 37.3 Å². The maximum absolute atomic E-state index is 14.1. The van der Waals surface area contributed by atoms with Gasteiger partial charge in [0.2, 0.25) is 0 Å². The second-order valence-corrected chi connectivity index (χ2v) is 6.26. The molecular weight excluding hydrogens is 420 g/mol. The van der Waals surface area contributed by atoms with Crippen LogP contribution >= 0.6 is 38.5 Å². The fourth-order valence-corrected chi connectivity index (χ4v) is 3.11. The van der Waals surface area contributed by atoms with Gasteiger partial charge in [-0.2, -0.15) is 0 Å². The van der Waals surface area contributed by atoms with E-state index in [4.69, 9.17) is 0 Å². The van der Waals surface area contributed by atoms with Crippen molar-refractivity contribution in [3.05, 3.63) is 67.5 Å². The highest BCUT2D eigenvalue weighted by atomic mass is 127. The van der Waals surface area contributed by atoms with Gasteiger partial charge in [0, 0.05) is 13.6 Å². The second-order valence-electron chi connectivity index (χ2n) is 4.18. The summed E-state index contributed by atoms with van der Waals surface area (Å²) < 4.78 is 16.1. The fraction of sp³-hybridized carbons (Fsp3) is 0.200. The molecule has 1 N–H and O–H groups in total. The minimum atomic E-state index is -0.186. The number of hydrogen-bond donors (Lipinski definition) is 1. The van der Waals surface area contributed by atoms with Crippen LogP contribution in [0.2, 0.25) is 0 Å². The maximum Gasteiger partial charge on any atom is 0.128 e. The Hall–Kier alpha value is -0.460. The van der Waals surface area contributed by atoms with Gasteiger partial charge in [-0.25, -0.2) is 4.39 Å². The summed E-state index contributed by atoms with van der Waals surface area (Å²) in [5.74, 6) is -0.186. The monoisotopic (exact) mass is 433 g/mol. The summed E-state index contributed by atoms with van der Waals surface area (Å²) in [5.41, 5.74) is 1.77. The Morgan fingerprint density at radius 2 is 1.95 bits per heavy atom. The summed E-state index contributed by atoms with van der Waals surface area (Å²) in [7, 11) is 0. The van der Waals surface area contributed by atoms with Crippen LogP contribution in [0.25, 0.3) is 0 Å². The molecule has 1 atom stereocenters. The van der Waals surface area contributed by atoms with Crippen LogP contribution in [0.1, 0.15) is 24.1 Å². The molecule has 0 aromatic heterocycles. The highest BCUT2D eigenvalue weighted by Gasteiger charge is 2.19. The summed E-state index contributed by atoms with van der Waals surface area (Å²) in [5, 5.41) is 3.36. The van der Waals surface area contributed by atoms with Crippen molar-refractivity contribution in [2.45, 2.75) is 13.0 Å². The van der Waals surface area contributed by atoms with E-state index in [1.165, 1.54) is 6.07 Å². The molecule has 0 fully saturated rings. The fourth-order valence-electron chi connectivity index (χ4n) is 2.04. The molecule has 0 saturated carbocycles. The lowest BCUT2D eigenvalue weighted by molar-refractivity contribution is 0.557. The smallest absolute Gasteiger partial charge is 0.128 e. The van der Waals surface area contributed by atoms with Crippen LogP contribution in [0.3, 0.4) is 0 Å². The third-order valence-corrected chi connectivity index (χ3v) is 4.37. The molecule has 0 aliphatic rings. The van der Waals surface area contributed by atoms with Gasteiger partial charge in [0.15, 0.2) is 0 Å². The van der Waals surface area contributed by atoms with Gasteiger partial charge in [0.05, 0.1) is 6.04 Å². The number of benzene rings is 2. The Morgan fingerprint density at radius 3 is 2.63 bits per heavy atom. The van der Waals surface area contributed by atoms with Crippen LogP contribution in [-0.4, -0.2) is 6.54 Å². The van der Waals surface area contributed by atoms with Gasteiger partial charge in [-0.1, -0.05) is 41.1 Å². The average molecular weight is 434 g/mol. The lowest BCUT2D eigenvalue weighted by Gasteiger charge is -2.21. The summed E-state index contributed by atoms with van der Waals surface area (Å²) in [6, 6.07) is 13.0. The summed E-state index contributed by atoms with van der Waals surface area (Å²) in [6.07, 6.45) is 0. The van der Waals surface area contributed by atoms with E-state index >= 15 is 0 Å². The third kappa shape index (κ3) is 3.55. The first kappa shape index (κ1) is 14.9. The van der Waals surface area contributed by atoms with E-state index in [1.54, 1.807) is 6.07 Å². The van der Waals surface area contributed by atoms with Gasteiger partial charge in [-0.15, -0.1) is 0 Å². The zero-order valence-corrected chi connectivity index (χ0v) is 14.2. The largest absolute Gasteiger partial charge is 0.306 e. The Kier molecular flexibility index (Phi) is 5.36. The highest BCUT2D eigenvalue weighted by molar-refractivity contribution is 14.1. The van der Waals surface area contributed by atoms with Crippen molar-refractivity contribution in [2.24, 2.45) is 0 Å². The van der Waals surface area contributed by atoms with Crippen LogP contribution < -0.4 is 5.32 Å². The van der Waals surface area contributed by atoms with Gasteiger partial charge in [0.25, 0.3) is 0 Å². The number of hydrogen-bond acceptors (Lipinski definition) is 1. The standard InChI is InChI=1S/C15H14BrFIN/c1-2-19-15(11-5-3-4-6-14(11)18)12-9-10(16)7-8-13(12)17/h3-9,15,19H,2H2,1H3. The van der Waals surface area contributed by atoms with Crippen molar-refractivity contribution in [3.8, 4) is 0 Å². The zero-order chi connectivity index (χ0) is 13.8. The van der Waals surface area contributed by atoms with Gasteiger partial charge >= 0.3 is 0 Å². The van der Waals surface area contributed by atoms with Crippen molar-refractivity contribution >= 4 is 38.5 Å². The molecular formula is C15H14BrFIN. The van der Waals surface area contributed by atoms with Crippen LogP contribution in [0.4, 0.5) is 4.39 Å². The first-order valence-corrected chi connectivity index (χ1v) is 7.93. The van der Waals surface area contributed by atoms with Gasteiger partial charge in [0.1, 0.15) is 5.82 Å². The van der Waals surface area contributed by atoms with E-state index in [9.17, 15) is 4.39 Å². The molecule has 4 heteroatoms. The van der Waals surface area contributed by atoms with Crippen LogP contribution in [-0.2, 0) is 0 Å². The van der Waals surface area contributed by atoms with Crippen LogP contribution in [0.5, 0.6) is 0 Å². The van der Waals surface area contributed by atoms with Crippen molar-refractivity contribution in [1.29, 1.82) is 0 Å². The van der Waals surface area contributed by atoms with Gasteiger partial charge in [-0.05, 0) is 59.0 Å². The average Bonchev–Trinajstić information content (AvgIpc) is 2.40. The quantitative estimate of drug-likeness (QED) is 0.676. The van der Waals surface area contributed by atoms with Crippen molar-refractivity contribution in [1.82, 2.24) is 5.32 Å². The molecule has 0 amide bonds. The lowest BCUT2D eigenvalue weighted by Crippen LogP contribution is -2.23. The molecule has 2 rings (SSSR count). The van der Waals surface area contributed by atoms with Crippen LogP contribution in [0, 0.1) is 9.39 Å². The third-order valence-electron chi connectivity index (χ3n) is 2.89. The predicted octanol–water partition coefficient (Wildman–Crippen LogP) is 4.89. The molecule has 0 aliphatic heterocycles. The second kappa shape index (κ2) is 6.81. The SMILES string of the molecule is CCNC(c1cc(Br)ccc1F)c1ccccc1I. The normalized spacial score (nSPS) is 12.4. The maximum atomic E-state index is 14.1. The van der Waals surface area contributed by atoms with Gasteiger partial charge in [-0.3, -0.25) is 0 Å². The Morgan fingerprint density at radius 1 is 1.21 bits per heavy atom. The molecule has 2 aromatic carbocycles. The first-order chi connectivity index (χ1) is 9.13. The molecule has 100 valence electrons. The number of rotatable bonds is 4. The minimum absolute atomic E-state index is 0.129. The molecule has 1 unspecified atom stereocenters. The molecule has 19 heavy (non-hydrogen) atoms. The minimum Gasteiger partial charge on any atom is -0.306 e. The summed E-state index contributed by atoms with van der Waals surface area (Å²) in [6.45, 7) is 2.81. The first-order valence-electron chi connectivity index (χ1n) is 6.06. The van der Waals surface area contributed by atoms with E-state index in [0.29, 0.717) is 5.56 Å². The van der Waals surface area contributed by atoms with E-state index in [2.05, 4.69) is 43.8 Å².